The van der Waals surface area contributed by atoms with Crippen molar-refractivity contribution in [2.45, 2.75) is 25.8 Å². The van der Waals surface area contributed by atoms with Crippen LogP contribution in [0.4, 0.5) is 0 Å². The van der Waals surface area contributed by atoms with Gasteiger partial charge in [-0.25, -0.2) is 0 Å². The molecule has 2 atom stereocenters. The lowest BCUT2D eigenvalue weighted by Gasteiger charge is -2.15. The van der Waals surface area contributed by atoms with Gasteiger partial charge in [-0.05, 0) is 18.4 Å². The quantitative estimate of drug-likeness (QED) is 0.685. The first kappa shape index (κ1) is 8.28. The van der Waals surface area contributed by atoms with E-state index < -0.39 is 0 Å². The van der Waals surface area contributed by atoms with Gasteiger partial charge in [0.15, 0.2) is 0 Å². The fourth-order valence-electron chi connectivity index (χ4n) is 1.06. The van der Waals surface area contributed by atoms with Gasteiger partial charge in [0.2, 0.25) is 0 Å². The van der Waals surface area contributed by atoms with Crippen LogP contribution in [0.25, 0.3) is 0 Å². The monoisotopic (exact) mass is 149 g/mol. The molecule has 0 heterocycles. The molecular weight excluding hydrogens is 134 g/mol. The van der Waals surface area contributed by atoms with Crippen LogP contribution in [0.15, 0.2) is 30.3 Å². The molecule has 1 aromatic carbocycles. The van der Waals surface area contributed by atoms with Crippen molar-refractivity contribution in [1.82, 2.24) is 0 Å². The minimum absolute atomic E-state index is 0.234. The van der Waals surface area contributed by atoms with Crippen molar-refractivity contribution < 1.29 is 0 Å². The average molecular weight is 149 g/mol. The van der Waals surface area contributed by atoms with Gasteiger partial charge >= 0.3 is 0 Å². The van der Waals surface area contributed by atoms with E-state index in [1.165, 1.54) is 5.56 Å². The summed E-state index contributed by atoms with van der Waals surface area (Å²) in [6.45, 7) is 4.19. The van der Waals surface area contributed by atoms with Gasteiger partial charge in [0.1, 0.15) is 0 Å². The van der Waals surface area contributed by atoms with Crippen molar-refractivity contribution in [2.75, 3.05) is 0 Å². The predicted molar refractivity (Wildman–Crippen MR) is 48.5 cm³/mol. The van der Waals surface area contributed by atoms with Crippen LogP contribution in [-0.4, -0.2) is 6.04 Å². The van der Waals surface area contributed by atoms with Crippen molar-refractivity contribution in [1.29, 1.82) is 0 Å². The Balaban J connectivity index is 2.77. The van der Waals surface area contributed by atoms with E-state index in [4.69, 9.17) is 5.73 Å². The number of hydrogen-bond donors (Lipinski definition) is 1. The highest BCUT2D eigenvalue weighted by molar-refractivity contribution is 5.19. The third-order valence-corrected chi connectivity index (χ3v) is 2.11. The molecule has 0 bridgehead atoms. The molecule has 0 aliphatic carbocycles. The van der Waals surface area contributed by atoms with E-state index >= 15 is 0 Å². The number of rotatable bonds is 2. The summed E-state index contributed by atoms with van der Waals surface area (Å²) in [5, 5.41) is 0. The van der Waals surface area contributed by atoms with Gasteiger partial charge < -0.3 is 5.73 Å². The Labute approximate surface area is 68.2 Å². The summed E-state index contributed by atoms with van der Waals surface area (Å²) in [6.07, 6.45) is 0. The van der Waals surface area contributed by atoms with Crippen molar-refractivity contribution in [3.8, 4) is 0 Å². The summed E-state index contributed by atoms with van der Waals surface area (Å²) in [4.78, 5) is 0. The third-order valence-electron chi connectivity index (χ3n) is 2.11. The molecule has 0 amide bonds. The van der Waals surface area contributed by atoms with Crippen molar-refractivity contribution in [2.24, 2.45) is 5.73 Å². The molecule has 1 heteroatoms. The van der Waals surface area contributed by atoms with Gasteiger partial charge in [0.25, 0.3) is 0 Å². The van der Waals surface area contributed by atoms with Crippen molar-refractivity contribution in [3.63, 3.8) is 0 Å². The molecule has 2 N–H and O–H groups in total. The molecule has 0 fully saturated rings. The standard InChI is InChI=1S/C10H15N/c1-8(9(2)11)10-6-4-3-5-7-10/h3-9H,11H2,1-2H3/t8-,9?/m0/s1. The Kier molecular flexibility index (Phi) is 2.66. The summed E-state index contributed by atoms with van der Waals surface area (Å²) in [7, 11) is 0. The fraction of sp³-hybridized carbons (Fsp3) is 0.400. The zero-order chi connectivity index (χ0) is 8.27. The van der Waals surface area contributed by atoms with Gasteiger partial charge in [-0.2, -0.15) is 0 Å². The van der Waals surface area contributed by atoms with E-state index in [1.807, 2.05) is 25.1 Å². The molecule has 0 saturated heterocycles. The smallest absolute Gasteiger partial charge is 0.00766 e. The second-order valence-corrected chi connectivity index (χ2v) is 3.06. The molecule has 0 aliphatic heterocycles. The number of hydrogen-bond acceptors (Lipinski definition) is 1. The number of benzene rings is 1. The van der Waals surface area contributed by atoms with E-state index in [-0.39, 0.29) is 6.04 Å². The summed E-state index contributed by atoms with van der Waals surface area (Å²) < 4.78 is 0. The Morgan fingerprint density at radius 2 is 1.64 bits per heavy atom. The zero-order valence-corrected chi connectivity index (χ0v) is 7.12. The predicted octanol–water partition coefficient (Wildman–Crippen LogP) is 2.14. The average Bonchev–Trinajstić information content (AvgIpc) is 2.05. The van der Waals surface area contributed by atoms with Crippen LogP contribution in [-0.2, 0) is 0 Å². The summed E-state index contributed by atoms with van der Waals surface area (Å²) >= 11 is 0. The maximum atomic E-state index is 5.77. The Morgan fingerprint density at radius 1 is 1.09 bits per heavy atom. The number of nitrogens with two attached hydrogens (primary N) is 1. The molecule has 1 aromatic rings. The normalized spacial score (nSPS) is 15.9. The highest BCUT2D eigenvalue weighted by Crippen LogP contribution is 2.16. The van der Waals surface area contributed by atoms with Gasteiger partial charge in [-0.15, -0.1) is 0 Å². The molecular formula is C10H15N. The first-order valence-corrected chi connectivity index (χ1v) is 4.02. The van der Waals surface area contributed by atoms with E-state index in [1.54, 1.807) is 0 Å². The maximum Gasteiger partial charge on any atom is 0.00766 e. The first-order valence-electron chi connectivity index (χ1n) is 4.02. The van der Waals surface area contributed by atoms with Crippen LogP contribution in [0.2, 0.25) is 0 Å². The molecule has 1 unspecified atom stereocenters. The van der Waals surface area contributed by atoms with E-state index in [0.29, 0.717) is 5.92 Å². The van der Waals surface area contributed by atoms with Gasteiger partial charge in [0.05, 0.1) is 0 Å². The first-order chi connectivity index (χ1) is 5.22. The highest BCUT2D eigenvalue weighted by Gasteiger charge is 2.08. The largest absolute Gasteiger partial charge is 0.327 e. The zero-order valence-electron chi connectivity index (χ0n) is 7.12. The topological polar surface area (TPSA) is 26.0 Å². The third kappa shape index (κ3) is 2.05. The summed E-state index contributed by atoms with van der Waals surface area (Å²) in [5.41, 5.74) is 7.09. The lowest BCUT2D eigenvalue weighted by atomic mass is 9.95. The molecule has 0 aromatic heterocycles. The molecule has 0 saturated carbocycles. The van der Waals surface area contributed by atoms with Crippen LogP contribution in [0.3, 0.4) is 0 Å². The van der Waals surface area contributed by atoms with Crippen LogP contribution >= 0.6 is 0 Å². The second-order valence-electron chi connectivity index (χ2n) is 3.06. The van der Waals surface area contributed by atoms with E-state index in [0.717, 1.165) is 0 Å². The molecule has 60 valence electrons. The van der Waals surface area contributed by atoms with E-state index in [9.17, 15) is 0 Å². The van der Waals surface area contributed by atoms with Gasteiger partial charge in [0, 0.05) is 6.04 Å². The van der Waals surface area contributed by atoms with Crippen LogP contribution in [0.5, 0.6) is 0 Å². The van der Waals surface area contributed by atoms with Crippen LogP contribution in [0.1, 0.15) is 25.3 Å². The molecule has 0 spiro atoms. The molecule has 0 aliphatic rings. The lowest BCUT2D eigenvalue weighted by Crippen LogP contribution is -2.22. The van der Waals surface area contributed by atoms with Gasteiger partial charge in [-0.3, -0.25) is 0 Å². The minimum Gasteiger partial charge on any atom is -0.327 e. The Hall–Kier alpha value is -0.820. The summed E-state index contributed by atoms with van der Waals surface area (Å²) in [5.74, 6) is 0.455. The van der Waals surface area contributed by atoms with Crippen molar-refractivity contribution >= 4 is 0 Å². The van der Waals surface area contributed by atoms with Crippen LogP contribution in [0, 0.1) is 0 Å². The van der Waals surface area contributed by atoms with Gasteiger partial charge in [-0.1, -0.05) is 37.3 Å². The Morgan fingerprint density at radius 3 is 2.09 bits per heavy atom. The summed E-state index contributed by atoms with van der Waals surface area (Å²) in [6, 6.07) is 10.6. The molecule has 11 heavy (non-hydrogen) atoms. The van der Waals surface area contributed by atoms with Crippen LogP contribution < -0.4 is 5.73 Å². The minimum atomic E-state index is 0.234. The lowest BCUT2D eigenvalue weighted by molar-refractivity contribution is 0.613. The Bertz CT molecular complexity index is 203. The van der Waals surface area contributed by atoms with Crippen molar-refractivity contribution in [3.05, 3.63) is 35.9 Å². The SMILES string of the molecule is CC(N)[C@H](C)c1ccccc1. The molecule has 1 rings (SSSR count). The molecule has 1 nitrogen and oxygen atoms in total. The molecule has 0 radical (unpaired) electrons. The maximum absolute atomic E-state index is 5.77. The highest BCUT2D eigenvalue weighted by atomic mass is 14.6. The van der Waals surface area contributed by atoms with E-state index in [2.05, 4.69) is 19.1 Å². The second kappa shape index (κ2) is 3.54. The fourth-order valence-corrected chi connectivity index (χ4v) is 1.06.